The highest BCUT2D eigenvalue weighted by molar-refractivity contribution is 6.31. The molecular weight excluding hydrogens is 352 g/mol. The molecule has 0 aliphatic carbocycles. The molecule has 0 atom stereocenters. The van der Waals surface area contributed by atoms with Gasteiger partial charge in [-0.2, -0.15) is 0 Å². The van der Waals surface area contributed by atoms with Crippen LogP contribution >= 0.6 is 11.6 Å². The first-order valence-corrected chi connectivity index (χ1v) is 8.97. The number of carbonyl (C=O) groups is 2. The molecule has 0 spiro atoms. The number of nitrogens with two attached hydrogens (primary N) is 1. The SMILES string of the molecule is NC(=O)C1CCN(C(=O)c2cccc(OCc3ccccc3Cl)c2)CC1. The van der Waals surface area contributed by atoms with Crippen LogP contribution < -0.4 is 10.5 Å². The van der Waals surface area contributed by atoms with Crippen LogP contribution in [0.15, 0.2) is 48.5 Å². The predicted octanol–water partition coefficient (Wildman–Crippen LogP) is 3.26. The zero-order valence-electron chi connectivity index (χ0n) is 14.4. The molecule has 1 fully saturated rings. The summed E-state index contributed by atoms with van der Waals surface area (Å²) < 4.78 is 5.78. The molecule has 2 N–H and O–H groups in total. The number of ether oxygens (including phenoxy) is 1. The maximum atomic E-state index is 12.7. The Balaban J connectivity index is 1.63. The largest absolute Gasteiger partial charge is 0.489 e. The van der Waals surface area contributed by atoms with E-state index in [1.54, 1.807) is 23.1 Å². The zero-order chi connectivity index (χ0) is 18.5. The lowest BCUT2D eigenvalue weighted by atomic mass is 9.96. The van der Waals surface area contributed by atoms with Gasteiger partial charge in [-0.1, -0.05) is 35.9 Å². The summed E-state index contributed by atoms with van der Waals surface area (Å²) in [6.45, 7) is 1.41. The van der Waals surface area contributed by atoms with Crippen molar-refractivity contribution in [2.75, 3.05) is 13.1 Å². The van der Waals surface area contributed by atoms with E-state index in [1.807, 2.05) is 30.3 Å². The fourth-order valence-electron chi connectivity index (χ4n) is 3.05. The molecule has 26 heavy (non-hydrogen) atoms. The van der Waals surface area contributed by atoms with Gasteiger partial charge in [0.1, 0.15) is 12.4 Å². The van der Waals surface area contributed by atoms with E-state index in [0.29, 0.717) is 48.9 Å². The molecule has 0 radical (unpaired) electrons. The molecule has 2 aromatic rings. The van der Waals surface area contributed by atoms with E-state index in [2.05, 4.69) is 0 Å². The third kappa shape index (κ3) is 4.35. The number of nitrogens with zero attached hydrogens (tertiary/aromatic N) is 1. The van der Waals surface area contributed by atoms with E-state index >= 15 is 0 Å². The van der Waals surface area contributed by atoms with E-state index in [4.69, 9.17) is 22.1 Å². The summed E-state index contributed by atoms with van der Waals surface area (Å²) in [6, 6.07) is 14.6. The molecule has 6 heteroatoms. The highest BCUT2D eigenvalue weighted by Crippen LogP contribution is 2.22. The molecule has 3 rings (SSSR count). The fourth-order valence-corrected chi connectivity index (χ4v) is 3.24. The van der Waals surface area contributed by atoms with Crippen LogP contribution in [0.25, 0.3) is 0 Å². The average molecular weight is 373 g/mol. The summed E-state index contributed by atoms with van der Waals surface area (Å²) >= 11 is 6.13. The Labute approximate surface area is 157 Å². The first-order valence-electron chi connectivity index (χ1n) is 8.59. The van der Waals surface area contributed by atoms with E-state index < -0.39 is 0 Å². The van der Waals surface area contributed by atoms with Crippen molar-refractivity contribution >= 4 is 23.4 Å². The fraction of sp³-hybridized carbons (Fsp3) is 0.300. The van der Waals surface area contributed by atoms with Crippen LogP contribution in [0.4, 0.5) is 0 Å². The maximum Gasteiger partial charge on any atom is 0.253 e. The van der Waals surface area contributed by atoms with Crippen LogP contribution in [0.2, 0.25) is 5.02 Å². The van der Waals surface area contributed by atoms with Gasteiger partial charge in [0.25, 0.3) is 5.91 Å². The van der Waals surface area contributed by atoms with Gasteiger partial charge in [0.05, 0.1) is 0 Å². The van der Waals surface area contributed by atoms with Gasteiger partial charge in [-0.25, -0.2) is 0 Å². The van der Waals surface area contributed by atoms with Gasteiger partial charge in [-0.15, -0.1) is 0 Å². The second-order valence-corrected chi connectivity index (χ2v) is 6.78. The van der Waals surface area contributed by atoms with Gasteiger partial charge in [0.2, 0.25) is 5.91 Å². The van der Waals surface area contributed by atoms with E-state index in [0.717, 1.165) is 5.56 Å². The molecule has 0 aromatic heterocycles. The Hall–Kier alpha value is -2.53. The highest BCUT2D eigenvalue weighted by Gasteiger charge is 2.26. The number of rotatable bonds is 5. The van der Waals surface area contributed by atoms with Crippen LogP contribution in [0.1, 0.15) is 28.8 Å². The molecule has 0 bridgehead atoms. The minimum Gasteiger partial charge on any atom is -0.489 e. The molecule has 1 aliphatic rings. The number of amides is 2. The topological polar surface area (TPSA) is 72.6 Å². The Bertz CT molecular complexity index is 801. The van der Waals surface area contributed by atoms with Crippen molar-refractivity contribution in [3.05, 3.63) is 64.7 Å². The number of hydrogen-bond acceptors (Lipinski definition) is 3. The normalized spacial score (nSPS) is 14.9. The number of likely N-dealkylation sites (tertiary alicyclic amines) is 1. The van der Waals surface area contributed by atoms with Crippen molar-refractivity contribution in [2.45, 2.75) is 19.4 Å². The summed E-state index contributed by atoms with van der Waals surface area (Å²) in [5, 5.41) is 0.650. The van der Waals surface area contributed by atoms with Crippen LogP contribution in [0.3, 0.4) is 0 Å². The Kier molecular flexibility index (Phi) is 5.78. The first kappa shape index (κ1) is 18.3. The van der Waals surface area contributed by atoms with Crippen molar-refractivity contribution in [3.63, 3.8) is 0 Å². The van der Waals surface area contributed by atoms with E-state index in [-0.39, 0.29) is 17.7 Å². The van der Waals surface area contributed by atoms with Crippen LogP contribution in [0.5, 0.6) is 5.75 Å². The molecule has 5 nitrogen and oxygen atoms in total. The summed E-state index contributed by atoms with van der Waals surface area (Å²) in [4.78, 5) is 25.7. The number of carbonyl (C=O) groups excluding carboxylic acids is 2. The number of primary amides is 1. The van der Waals surface area contributed by atoms with Crippen molar-refractivity contribution in [3.8, 4) is 5.75 Å². The monoisotopic (exact) mass is 372 g/mol. The molecule has 136 valence electrons. The maximum absolute atomic E-state index is 12.7. The molecule has 2 amide bonds. The zero-order valence-corrected chi connectivity index (χ0v) is 15.1. The quantitative estimate of drug-likeness (QED) is 0.875. The van der Waals surface area contributed by atoms with Gasteiger partial charge in [-0.3, -0.25) is 9.59 Å². The summed E-state index contributed by atoms with van der Waals surface area (Å²) in [5.74, 6) is 0.135. The second-order valence-electron chi connectivity index (χ2n) is 6.38. The standard InChI is InChI=1S/C20H21ClN2O3/c21-18-7-2-1-4-16(18)13-26-17-6-3-5-15(12-17)20(25)23-10-8-14(9-11-23)19(22)24/h1-7,12,14H,8-11,13H2,(H2,22,24). The van der Waals surface area contributed by atoms with Crippen LogP contribution in [0, 0.1) is 5.92 Å². The van der Waals surface area contributed by atoms with Crippen molar-refractivity contribution in [2.24, 2.45) is 11.7 Å². The third-order valence-corrected chi connectivity index (χ3v) is 4.99. The molecule has 1 aliphatic heterocycles. The van der Waals surface area contributed by atoms with Gasteiger partial charge in [0, 0.05) is 35.2 Å². The van der Waals surface area contributed by atoms with Gasteiger partial charge >= 0.3 is 0 Å². The van der Waals surface area contributed by atoms with E-state index in [9.17, 15) is 9.59 Å². The summed E-state index contributed by atoms with van der Waals surface area (Å²) in [5.41, 5.74) is 6.80. The van der Waals surface area contributed by atoms with Crippen molar-refractivity contribution < 1.29 is 14.3 Å². The Morgan fingerprint density at radius 1 is 1.12 bits per heavy atom. The molecule has 1 saturated heterocycles. The van der Waals surface area contributed by atoms with E-state index in [1.165, 1.54) is 0 Å². The molecule has 2 aromatic carbocycles. The lowest BCUT2D eigenvalue weighted by Crippen LogP contribution is -2.41. The highest BCUT2D eigenvalue weighted by atomic mass is 35.5. The smallest absolute Gasteiger partial charge is 0.253 e. The molecular formula is C20H21ClN2O3. The number of hydrogen-bond donors (Lipinski definition) is 1. The summed E-state index contributed by atoms with van der Waals surface area (Å²) in [6.07, 6.45) is 1.23. The van der Waals surface area contributed by atoms with Crippen molar-refractivity contribution in [1.82, 2.24) is 4.90 Å². The second kappa shape index (κ2) is 8.23. The average Bonchev–Trinajstić information content (AvgIpc) is 2.67. The van der Waals surface area contributed by atoms with Crippen LogP contribution in [-0.4, -0.2) is 29.8 Å². The lowest BCUT2D eigenvalue weighted by molar-refractivity contribution is -0.123. The Morgan fingerprint density at radius 2 is 1.85 bits per heavy atom. The van der Waals surface area contributed by atoms with Crippen LogP contribution in [-0.2, 0) is 11.4 Å². The van der Waals surface area contributed by atoms with Crippen molar-refractivity contribution in [1.29, 1.82) is 0 Å². The molecule has 0 unspecified atom stereocenters. The number of benzene rings is 2. The number of piperidine rings is 1. The third-order valence-electron chi connectivity index (χ3n) is 4.62. The van der Waals surface area contributed by atoms with Gasteiger partial charge < -0.3 is 15.4 Å². The Morgan fingerprint density at radius 3 is 2.54 bits per heavy atom. The number of halogens is 1. The summed E-state index contributed by atoms with van der Waals surface area (Å²) in [7, 11) is 0. The van der Waals surface area contributed by atoms with Gasteiger partial charge in [-0.05, 0) is 37.1 Å². The van der Waals surface area contributed by atoms with Gasteiger partial charge in [0.15, 0.2) is 0 Å². The predicted molar refractivity (Wildman–Crippen MR) is 100 cm³/mol. The minimum absolute atomic E-state index is 0.0592. The minimum atomic E-state index is -0.285. The molecule has 0 saturated carbocycles. The first-order chi connectivity index (χ1) is 12.5. The molecule has 1 heterocycles. The lowest BCUT2D eigenvalue weighted by Gasteiger charge is -2.30.